The first-order valence-corrected chi connectivity index (χ1v) is 13.3. The molecule has 2 heterocycles. The molecule has 0 aromatic heterocycles. The number of rotatable bonds is 7. The number of carbonyl (C=O) groups is 2. The van der Waals surface area contributed by atoms with Gasteiger partial charge in [0, 0.05) is 31.2 Å². The van der Waals surface area contributed by atoms with Crippen LogP contribution in [0.4, 0.5) is 4.79 Å². The molecule has 196 valence electrons. The number of benzene rings is 3. The summed E-state index contributed by atoms with van der Waals surface area (Å²) in [6.07, 6.45) is 1.60. The zero-order valence-corrected chi connectivity index (χ0v) is 22.2. The van der Waals surface area contributed by atoms with Crippen molar-refractivity contribution in [1.29, 1.82) is 0 Å². The fraction of sp³-hybridized carbons (Fsp3) is 0.300. The van der Waals surface area contributed by atoms with Gasteiger partial charge in [-0.25, -0.2) is 9.79 Å². The van der Waals surface area contributed by atoms with Crippen molar-refractivity contribution in [2.45, 2.75) is 25.3 Å². The number of hydrogen-bond acceptors (Lipinski definition) is 4. The van der Waals surface area contributed by atoms with Gasteiger partial charge in [-0.1, -0.05) is 72.3 Å². The van der Waals surface area contributed by atoms with Crippen LogP contribution in [0.2, 0.25) is 5.02 Å². The number of aliphatic imine (C=N–C) groups is 1. The number of hydrogen-bond donors (Lipinski definition) is 2. The van der Waals surface area contributed by atoms with Crippen LogP contribution in [-0.2, 0) is 16.8 Å². The van der Waals surface area contributed by atoms with E-state index in [9.17, 15) is 9.59 Å². The number of guanidine groups is 1. The minimum Gasteiger partial charge on any atom is -0.369 e. The predicted molar refractivity (Wildman–Crippen MR) is 151 cm³/mol. The largest absolute Gasteiger partial charge is 0.369 e. The molecule has 0 radical (unpaired) electrons. The Morgan fingerprint density at radius 2 is 1.82 bits per heavy atom. The second-order valence-electron chi connectivity index (χ2n) is 10.1. The van der Waals surface area contributed by atoms with Crippen molar-refractivity contribution < 1.29 is 9.59 Å². The van der Waals surface area contributed by atoms with Gasteiger partial charge in [0.2, 0.25) is 0 Å². The Hall–Kier alpha value is -3.84. The van der Waals surface area contributed by atoms with E-state index in [1.54, 1.807) is 11.8 Å². The number of halogens is 1. The Morgan fingerprint density at radius 1 is 1.08 bits per heavy atom. The monoisotopic (exact) mass is 529 g/mol. The first-order valence-electron chi connectivity index (χ1n) is 12.9. The number of likely N-dealkylation sites (tertiary alicyclic amines) is 1. The van der Waals surface area contributed by atoms with Gasteiger partial charge >= 0.3 is 6.03 Å². The van der Waals surface area contributed by atoms with Crippen molar-refractivity contribution in [3.05, 3.63) is 95.0 Å². The van der Waals surface area contributed by atoms with Crippen molar-refractivity contribution in [1.82, 2.24) is 15.1 Å². The molecule has 2 aliphatic rings. The third kappa shape index (κ3) is 5.38. The number of nitrogens with zero attached hydrogens (tertiary/aromatic N) is 3. The Labute approximate surface area is 228 Å². The number of nitrogens with one attached hydrogen (secondary N) is 1. The topological polar surface area (TPSA) is 91.0 Å². The van der Waals surface area contributed by atoms with E-state index >= 15 is 0 Å². The van der Waals surface area contributed by atoms with Crippen LogP contribution in [0.1, 0.15) is 24.5 Å². The second-order valence-corrected chi connectivity index (χ2v) is 10.6. The highest BCUT2D eigenvalue weighted by atomic mass is 35.5. The van der Waals surface area contributed by atoms with Crippen LogP contribution < -0.4 is 11.1 Å². The maximum atomic E-state index is 13.6. The lowest BCUT2D eigenvalue weighted by Gasteiger charge is -2.25. The van der Waals surface area contributed by atoms with Gasteiger partial charge in [0.1, 0.15) is 0 Å². The summed E-state index contributed by atoms with van der Waals surface area (Å²) >= 11 is 6.18. The molecular weight excluding hydrogens is 498 g/mol. The van der Waals surface area contributed by atoms with Crippen molar-refractivity contribution in [2.24, 2.45) is 16.6 Å². The summed E-state index contributed by atoms with van der Waals surface area (Å²) in [5, 5.41) is 3.66. The van der Waals surface area contributed by atoms with Crippen LogP contribution in [0.25, 0.3) is 11.1 Å². The van der Waals surface area contributed by atoms with Crippen molar-refractivity contribution in [3.8, 4) is 11.1 Å². The lowest BCUT2D eigenvalue weighted by Crippen LogP contribution is -2.45. The lowest BCUT2D eigenvalue weighted by atomic mass is 9.89. The van der Waals surface area contributed by atoms with E-state index in [-0.39, 0.29) is 23.8 Å². The quantitative estimate of drug-likeness (QED) is 0.466. The molecule has 0 spiro atoms. The summed E-state index contributed by atoms with van der Waals surface area (Å²) in [7, 11) is 0. The molecule has 0 bridgehead atoms. The second kappa shape index (κ2) is 10.9. The Balaban J connectivity index is 1.20. The van der Waals surface area contributed by atoms with E-state index in [2.05, 4.69) is 22.4 Å². The number of amides is 3. The highest BCUT2D eigenvalue weighted by molar-refractivity contribution is 6.30. The van der Waals surface area contributed by atoms with Gasteiger partial charge in [-0.15, -0.1) is 0 Å². The standard InChI is InChI=1S/C30H32ClN5O2/c1-30(25-11-5-9-23(17-25)24-10-6-12-26(31)18-24)27(37)36(28(32)34-30)20-22-14-16-35(19-22)29(38)33-15-13-21-7-3-2-4-8-21/h2-12,17-18,22H,13-16,19-20H2,1H3,(H2,32,34)(H,33,38). The van der Waals surface area contributed by atoms with Gasteiger partial charge < -0.3 is 16.0 Å². The van der Waals surface area contributed by atoms with Gasteiger partial charge in [0.05, 0.1) is 0 Å². The summed E-state index contributed by atoms with van der Waals surface area (Å²) in [5.74, 6) is 0.202. The third-order valence-electron chi connectivity index (χ3n) is 7.41. The van der Waals surface area contributed by atoms with E-state index in [1.165, 1.54) is 5.56 Å². The molecule has 0 saturated carbocycles. The molecule has 8 heteroatoms. The first-order chi connectivity index (χ1) is 18.3. The van der Waals surface area contributed by atoms with E-state index in [0.29, 0.717) is 31.2 Å². The van der Waals surface area contributed by atoms with Crippen LogP contribution in [0.15, 0.2) is 83.9 Å². The van der Waals surface area contributed by atoms with Gasteiger partial charge in [0.25, 0.3) is 5.91 Å². The SMILES string of the molecule is CC1(c2cccc(-c3cccc(Cl)c3)c2)N=C(N)N(CC2CCN(C(=O)NCCc3ccccc3)C2)C1=O. The van der Waals surface area contributed by atoms with Crippen molar-refractivity contribution >= 4 is 29.5 Å². The molecule has 2 atom stereocenters. The van der Waals surface area contributed by atoms with Gasteiger partial charge in [-0.3, -0.25) is 9.69 Å². The maximum Gasteiger partial charge on any atom is 0.317 e. The molecule has 2 aliphatic heterocycles. The van der Waals surface area contributed by atoms with E-state index in [4.69, 9.17) is 17.3 Å². The maximum absolute atomic E-state index is 13.6. The van der Waals surface area contributed by atoms with E-state index in [0.717, 1.165) is 29.5 Å². The van der Waals surface area contributed by atoms with Crippen LogP contribution in [-0.4, -0.2) is 53.9 Å². The average molecular weight is 530 g/mol. The fourth-order valence-electron chi connectivity index (χ4n) is 5.23. The minimum absolute atomic E-state index is 0.0690. The Morgan fingerprint density at radius 3 is 2.58 bits per heavy atom. The molecular formula is C30H32ClN5O2. The predicted octanol–water partition coefficient (Wildman–Crippen LogP) is 4.65. The molecule has 1 fully saturated rings. The first kappa shape index (κ1) is 25.8. The highest BCUT2D eigenvalue weighted by Gasteiger charge is 2.46. The van der Waals surface area contributed by atoms with Gasteiger partial charge in [0.15, 0.2) is 11.5 Å². The number of nitrogens with two attached hydrogens (primary N) is 1. The summed E-state index contributed by atoms with van der Waals surface area (Å²) in [4.78, 5) is 34.3. The molecule has 7 nitrogen and oxygen atoms in total. The molecule has 2 unspecified atom stereocenters. The van der Waals surface area contributed by atoms with Crippen molar-refractivity contribution in [3.63, 3.8) is 0 Å². The Bertz CT molecular complexity index is 1360. The number of urea groups is 1. The molecule has 3 aromatic carbocycles. The smallest absolute Gasteiger partial charge is 0.317 e. The van der Waals surface area contributed by atoms with Crippen LogP contribution >= 0.6 is 11.6 Å². The summed E-state index contributed by atoms with van der Waals surface area (Å²) < 4.78 is 0. The number of carbonyl (C=O) groups excluding carboxylic acids is 2. The van der Waals surface area contributed by atoms with Crippen molar-refractivity contribution in [2.75, 3.05) is 26.2 Å². The van der Waals surface area contributed by atoms with Crippen LogP contribution in [0.3, 0.4) is 0 Å². The molecule has 0 aliphatic carbocycles. The zero-order chi connectivity index (χ0) is 26.7. The van der Waals surface area contributed by atoms with E-state index < -0.39 is 5.54 Å². The molecule has 3 aromatic rings. The molecule has 3 N–H and O–H groups in total. The summed E-state index contributed by atoms with van der Waals surface area (Å²) in [6.45, 7) is 4.06. The van der Waals surface area contributed by atoms with Crippen LogP contribution in [0, 0.1) is 5.92 Å². The zero-order valence-electron chi connectivity index (χ0n) is 21.4. The van der Waals surface area contributed by atoms with E-state index in [1.807, 2.05) is 71.6 Å². The molecule has 5 rings (SSSR count). The average Bonchev–Trinajstić information content (AvgIpc) is 3.48. The normalized spacial score (nSPS) is 21.1. The lowest BCUT2D eigenvalue weighted by molar-refractivity contribution is -0.131. The highest BCUT2D eigenvalue weighted by Crippen LogP contribution is 2.36. The summed E-state index contributed by atoms with van der Waals surface area (Å²) in [5.41, 5.74) is 9.07. The molecule has 38 heavy (non-hydrogen) atoms. The van der Waals surface area contributed by atoms with Gasteiger partial charge in [-0.05, 0) is 66.1 Å². The molecule has 1 saturated heterocycles. The van der Waals surface area contributed by atoms with Crippen LogP contribution in [0.5, 0.6) is 0 Å². The summed E-state index contributed by atoms with van der Waals surface area (Å²) in [6, 6.07) is 25.4. The Kier molecular flexibility index (Phi) is 7.38. The van der Waals surface area contributed by atoms with Gasteiger partial charge in [-0.2, -0.15) is 0 Å². The third-order valence-corrected chi connectivity index (χ3v) is 7.64. The minimum atomic E-state index is -1.11. The molecule has 3 amide bonds. The fourth-order valence-corrected chi connectivity index (χ4v) is 5.42.